The predicted octanol–water partition coefficient (Wildman–Crippen LogP) is 2.29. The third-order valence-electron chi connectivity index (χ3n) is 4.01. The fourth-order valence-electron chi connectivity index (χ4n) is 3.14. The van der Waals surface area contributed by atoms with Gasteiger partial charge in [0.1, 0.15) is 0 Å². The van der Waals surface area contributed by atoms with Gasteiger partial charge in [-0.05, 0) is 49.3 Å². The molecule has 2 bridgehead atoms. The smallest absolute Gasteiger partial charge is 0.0166 e. The summed E-state index contributed by atoms with van der Waals surface area (Å²) in [6.07, 6.45) is 9.19. The number of hydrogen-bond acceptors (Lipinski definition) is 2. The Bertz CT molecular complexity index is 232. The van der Waals surface area contributed by atoms with E-state index in [2.05, 4.69) is 29.2 Å². The molecule has 0 amide bonds. The Balaban J connectivity index is 1.47. The summed E-state index contributed by atoms with van der Waals surface area (Å²) in [7, 11) is 0. The lowest BCUT2D eigenvalue weighted by Crippen LogP contribution is -2.34. The normalized spacial score (nSPS) is 45.1. The fourth-order valence-corrected chi connectivity index (χ4v) is 4.33. The van der Waals surface area contributed by atoms with Crippen molar-refractivity contribution in [1.82, 2.24) is 5.32 Å². The van der Waals surface area contributed by atoms with Gasteiger partial charge in [0.15, 0.2) is 0 Å². The summed E-state index contributed by atoms with van der Waals surface area (Å²) < 4.78 is 0. The topological polar surface area (TPSA) is 12.0 Å². The first-order valence-corrected chi connectivity index (χ1v) is 7.07. The highest BCUT2D eigenvalue weighted by molar-refractivity contribution is 7.99. The fraction of sp³-hybridized carbons (Fsp3) is 0.833. The van der Waals surface area contributed by atoms with Crippen LogP contribution in [0.25, 0.3) is 0 Å². The van der Waals surface area contributed by atoms with Crippen LogP contribution in [-0.4, -0.2) is 24.1 Å². The van der Waals surface area contributed by atoms with Gasteiger partial charge in [0.05, 0.1) is 0 Å². The second kappa shape index (κ2) is 3.90. The van der Waals surface area contributed by atoms with Crippen LogP contribution < -0.4 is 5.32 Å². The van der Waals surface area contributed by atoms with Gasteiger partial charge in [-0.1, -0.05) is 12.2 Å². The van der Waals surface area contributed by atoms with Crippen molar-refractivity contribution >= 4 is 11.8 Å². The molecule has 0 aromatic rings. The van der Waals surface area contributed by atoms with Gasteiger partial charge < -0.3 is 5.32 Å². The molecule has 3 rings (SSSR count). The Morgan fingerprint density at radius 1 is 1.29 bits per heavy atom. The molecule has 0 spiro atoms. The monoisotopic (exact) mass is 209 g/mol. The van der Waals surface area contributed by atoms with Gasteiger partial charge in [-0.25, -0.2) is 0 Å². The SMILES string of the molecule is C1=C[C@@H]2C[C@H]1C[C@H]2CNC1CCSC1. The van der Waals surface area contributed by atoms with Crippen LogP contribution >= 0.6 is 11.8 Å². The number of rotatable bonds is 3. The van der Waals surface area contributed by atoms with Crippen LogP contribution in [0.4, 0.5) is 0 Å². The molecule has 0 aromatic carbocycles. The first-order valence-electron chi connectivity index (χ1n) is 5.91. The van der Waals surface area contributed by atoms with E-state index in [1.807, 2.05) is 0 Å². The average molecular weight is 209 g/mol. The van der Waals surface area contributed by atoms with Crippen LogP contribution in [0, 0.1) is 17.8 Å². The van der Waals surface area contributed by atoms with E-state index in [4.69, 9.17) is 0 Å². The van der Waals surface area contributed by atoms with Crippen molar-refractivity contribution in [2.75, 3.05) is 18.1 Å². The third kappa shape index (κ3) is 1.74. The van der Waals surface area contributed by atoms with Crippen LogP contribution in [-0.2, 0) is 0 Å². The van der Waals surface area contributed by atoms with Crippen molar-refractivity contribution in [3.05, 3.63) is 12.2 Å². The zero-order chi connectivity index (χ0) is 9.38. The van der Waals surface area contributed by atoms with Crippen LogP contribution in [0.1, 0.15) is 19.3 Å². The van der Waals surface area contributed by atoms with Gasteiger partial charge in [0.2, 0.25) is 0 Å². The van der Waals surface area contributed by atoms with Gasteiger partial charge >= 0.3 is 0 Å². The maximum absolute atomic E-state index is 3.75. The molecule has 14 heavy (non-hydrogen) atoms. The Morgan fingerprint density at radius 2 is 2.29 bits per heavy atom. The van der Waals surface area contributed by atoms with Crippen LogP contribution in [0.3, 0.4) is 0 Å². The molecule has 1 unspecified atom stereocenters. The van der Waals surface area contributed by atoms with Crippen molar-refractivity contribution < 1.29 is 0 Å². The summed E-state index contributed by atoms with van der Waals surface area (Å²) in [4.78, 5) is 0. The van der Waals surface area contributed by atoms with E-state index in [1.54, 1.807) is 0 Å². The largest absolute Gasteiger partial charge is 0.313 e. The summed E-state index contributed by atoms with van der Waals surface area (Å²) in [5, 5.41) is 3.75. The van der Waals surface area contributed by atoms with Gasteiger partial charge in [-0.2, -0.15) is 11.8 Å². The quantitative estimate of drug-likeness (QED) is 0.716. The molecule has 1 N–H and O–H groups in total. The summed E-state index contributed by atoms with van der Waals surface area (Å²) >= 11 is 2.10. The highest BCUT2D eigenvalue weighted by Crippen LogP contribution is 2.43. The minimum Gasteiger partial charge on any atom is -0.313 e. The lowest BCUT2D eigenvalue weighted by atomic mass is 9.93. The summed E-state index contributed by atoms with van der Waals surface area (Å²) in [5.74, 6) is 5.52. The highest BCUT2D eigenvalue weighted by Gasteiger charge is 2.35. The van der Waals surface area contributed by atoms with Crippen LogP contribution in [0.15, 0.2) is 12.2 Å². The predicted molar refractivity (Wildman–Crippen MR) is 62.6 cm³/mol. The minimum atomic E-state index is 0.822. The standard InChI is InChI=1S/C12H19NS/c1-2-10-5-9(1)6-11(10)7-13-12-3-4-14-8-12/h1-2,9-13H,3-8H2/t9-,10+,11-,12?/m0/s1. The molecule has 2 fully saturated rings. The molecule has 0 aromatic heterocycles. The van der Waals surface area contributed by atoms with E-state index in [9.17, 15) is 0 Å². The van der Waals surface area contributed by atoms with E-state index in [-0.39, 0.29) is 0 Å². The Kier molecular flexibility index (Phi) is 2.59. The van der Waals surface area contributed by atoms with E-state index in [0.29, 0.717) is 0 Å². The number of allylic oxidation sites excluding steroid dienone is 2. The minimum absolute atomic E-state index is 0.822. The second-order valence-corrected chi connectivity index (χ2v) is 6.16. The van der Waals surface area contributed by atoms with Crippen molar-refractivity contribution in [1.29, 1.82) is 0 Å². The molecule has 78 valence electrons. The summed E-state index contributed by atoms with van der Waals surface area (Å²) in [6, 6.07) is 0.822. The second-order valence-electron chi connectivity index (χ2n) is 5.01. The van der Waals surface area contributed by atoms with Crippen LogP contribution in [0.2, 0.25) is 0 Å². The highest BCUT2D eigenvalue weighted by atomic mass is 32.2. The maximum atomic E-state index is 3.75. The van der Waals surface area contributed by atoms with E-state index < -0.39 is 0 Å². The number of hydrogen-bond donors (Lipinski definition) is 1. The summed E-state index contributed by atoms with van der Waals surface area (Å²) in [5.41, 5.74) is 0. The molecule has 4 atom stereocenters. The molecule has 0 radical (unpaired) electrons. The number of nitrogens with one attached hydrogen (secondary N) is 1. The van der Waals surface area contributed by atoms with Crippen molar-refractivity contribution in [3.8, 4) is 0 Å². The van der Waals surface area contributed by atoms with Crippen LogP contribution in [0.5, 0.6) is 0 Å². The molecule has 1 saturated carbocycles. The van der Waals surface area contributed by atoms with Gasteiger partial charge in [0, 0.05) is 11.8 Å². The molecule has 3 aliphatic rings. The van der Waals surface area contributed by atoms with E-state index in [1.165, 1.54) is 37.3 Å². The Labute approximate surface area is 90.7 Å². The Morgan fingerprint density at radius 3 is 2.93 bits per heavy atom. The van der Waals surface area contributed by atoms with Gasteiger partial charge in [-0.15, -0.1) is 0 Å². The molecule has 1 aliphatic heterocycles. The van der Waals surface area contributed by atoms with E-state index in [0.717, 1.165) is 23.8 Å². The third-order valence-corrected chi connectivity index (χ3v) is 5.18. The molecular weight excluding hydrogens is 190 g/mol. The molecule has 2 aliphatic carbocycles. The van der Waals surface area contributed by atoms with Crippen molar-refractivity contribution in [3.63, 3.8) is 0 Å². The molecular formula is C12H19NS. The lowest BCUT2D eigenvalue weighted by Gasteiger charge is -2.21. The number of thioether (sulfide) groups is 1. The zero-order valence-corrected chi connectivity index (χ0v) is 9.43. The van der Waals surface area contributed by atoms with Crippen molar-refractivity contribution in [2.24, 2.45) is 17.8 Å². The average Bonchev–Trinajstić information content (AvgIpc) is 2.91. The maximum Gasteiger partial charge on any atom is 0.0166 e. The van der Waals surface area contributed by atoms with Crippen molar-refractivity contribution in [2.45, 2.75) is 25.3 Å². The van der Waals surface area contributed by atoms with Gasteiger partial charge in [-0.3, -0.25) is 0 Å². The Hall–Kier alpha value is 0.0500. The lowest BCUT2D eigenvalue weighted by molar-refractivity contribution is 0.392. The molecule has 1 nitrogen and oxygen atoms in total. The molecule has 2 heteroatoms. The zero-order valence-electron chi connectivity index (χ0n) is 8.61. The number of fused-ring (bicyclic) bond motifs is 2. The first kappa shape index (κ1) is 9.29. The van der Waals surface area contributed by atoms with Gasteiger partial charge in [0.25, 0.3) is 0 Å². The molecule has 1 saturated heterocycles. The summed E-state index contributed by atoms with van der Waals surface area (Å²) in [6.45, 7) is 1.27. The van der Waals surface area contributed by atoms with E-state index >= 15 is 0 Å². The molecule has 1 heterocycles. The first-order chi connectivity index (χ1) is 6.92.